The Morgan fingerprint density at radius 1 is 1.24 bits per heavy atom. The number of hydrogen-bond acceptors (Lipinski definition) is 4. The number of nitrogens with one attached hydrogen (secondary N) is 1. The van der Waals surface area contributed by atoms with Crippen LogP contribution >= 0.6 is 23.2 Å². The van der Waals surface area contributed by atoms with E-state index in [0.29, 0.717) is 17.8 Å². The van der Waals surface area contributed by atoms with Crippen LogP contribution in [0.3, 0.4) is 0 Å². The summed E-state index contributed by atoms with van der Waals surface area (Å²) < 4.78 is 47.0. The van der Waals surface area contributed by atoms with Gasteiger partial charge in [0.25, 0.3) is 5.91 Å². The molecule has 10 heteroatoms. The molecule has 6 nitrogen and oxygen atoms in total. The third-order valence-electron chi connectivity index (χ3n) is 6.34. The molecule has 0 aliphatic heterocycles. The van der Waals surface area contributed by atoms with E-state index < -0.39 is 27.5 Å². The highest BCUT2D eigenvalue weighted by molar-refractivity contribution is 7.87. The highest BCUT2D eigenvalue weighted by atomic mass is 35.5. The van der Waals surface area contributed by atoms with Crippen LogP contribution in [0.1, 0.15) is 42.5 Å². The van der Waals surface area contributed by atoms with Gasteiger partial charge in [-0.3, -0.25) is 4.79 Å². The monoisotopic (exact) mass is 464 g/mol. The van der Waals surface area contributed by atoms with Crippen molar-refractivity contribution in [1.29, 1.82) is 0 Å². The van der Waals surface area contributed by atoms with Gasteiger partial charge in [0.1, 0.15) is 17.7 Å². The summed E-state index contributed by atoms with van der Waals surface area (Å²) in [5.41, 5.74) is -0.461. The maximum absolute atomic E-state index is 14.6. The van der Waals surface area contributed by atoms with Gasteiger partial charge in [-0.1, -0.05) is 11.6 Å². The maximum Gasteiger partial charge on any atom is 0.303 e. The van der Waals surface area contributed by atoms with E-state index in [1.807, 2.05) is 0 Å². The van der Waals surface area contributed by atoms with Crippen molar-refractivity contribution in [3.8, 4) is 5.75 Å². The van der Waals surface area contributed by atoms with Gasteiger partial charge in [0, 0.05) is 25.0 Å². The average molecular weight is 465 g/mol. The quantitative estimate of drug-likeness (QED) is 0.675. The molecule has 0 radical (unpaired) electrons. The van der Waals surface area contributed by atoms with Crippen LogP contribution in [0, 0.1) is 23.6 Å². The molecule has 29 heavy (non-hydrogen) atoms. The lowest BCUT2D eigenvalue weighted by Gasteiger charge is -2.57. The van der Waals surface area contributed by atoms with Crippen molar-refractivity contribution in [2.24, 2.45) is 17.8 Å². The molecular weight excluding hydrogens is 442 g/mol. The summed E-state index contributed by atoms with van der Waals surface area (Å²) in [5.74, 6) is -0.576. The SMILES string of the molecule is CN(C)S(=O)(=O)NC(=O)c1cc(Cl)c(OC2C3CC4CC2CC(Cl)(C4)C3)cc1F. The van der Waals surface area contributed by atoms with Crippen LogP contribution in [0.5, 0.6) is 5.75 Å². The second-order valence-corrected chi connectivity index (χ2v) is 11.8. The third kappa shape index (κ3) is 3.96. The largest absolute Gasteiger partial charge is 0.488 e. The smallest absolute Gasteiger partial charge is 0.303 e. The van der Waals surface area contributed by atoms with Gasteiger partial charge >= 0.3 is 10.2 Å². The van der Waals surface area contributed by atoms with Crippen molar-refractivity contribution in [3.05, 3.63) is 28.5 Å². The van der Waals surface area contributed by atoms with Gasteiger partial charge in [-0.15, -0.1) is 11.6 Å². The van der Waals surface area contributed by atoms with Crippen LogP contribution in [0.25, 0.3) is 0 Å². The van der Waals surface area contributed by atoms with E-state index >= 15 is 0 Å². The summed E-state index contributed by atoms with van der Waals surface area (Å²) in [5, 5.41) is 0.0631. The molecule has 1 aromatic rings. The van der Waals surface area contributed by atoms with E-state index in [0.717, 1.165) is 48.5 Å². The summed E-state index contributed by atoms with van der Waals surface area (Å²) >= 11 is 13.0. The van der Waals surface area contributed by atoms with Crippen LogP contribution < -0.4 is 9.46 Å². The lowest BCUT2D eigenvalue weighted by Crippen LogP contribution is -2.56. The number of nitrogens with zero attached hydrogens (tertiary/aromatic N) is 1. The molecule has 4 aliphatic carbocycles. The highest BCUT2D eigenvalue weighted by Gasteiger charge is 2.55. The molecule has 1 N–H and O–H groups in total. The molecule has 4 saturated carbocycles. The number of ether oxygens (including phenoxy) is 1. The summed E-state index contributed by atoms with van der Waals surface area (Å²) in [6.45, 7) is 0. The predicted octanol–water partition coefficient (Wildman–Crippen LogP) is 3.58. The summed E-state index contributed by atoms with van der Waals surface area (Å²) in [6.07, 6.45) is 4.86. The standard InChI is InChI=1S/C19H23Cl2FN2O4S/c1-24(2)29(26,27)23-18(25)13-5-14(20)16(6-15(13)22)28-17-11-3-10-4-12(17)9-19(21,7-10)8-11/h5-6,10-12,17H,3-4,7-9H2,1-2H3,(H,23,25). The van der Waals surface area contributed by atoms with E-state index in [1.54, 1.807) is 4.72 Å². The maximum atomic E-state index is 14.6. The van der Waals surface area contributed by atoms with Crippen molar-refractivity contribution in [2.45, 2.75) is 43.1 Å². The number of carbonyl (C=O) groups excluding carboxylic acids is 1. The first-order valence-electron chi connectivity index (χ1n) is 9.57. The van der Waals surface area contributed by atoms with Gasteiger partial charge in [-0.2, -0.15) is 12.7 Å². The minimum Gasteiger partial charge on any atom is -0.488 e. The van der Waals surface area contributed by atoms with E-state index in [-0.39, 0.29) is 21.8 Å². The molecule has 0 spiro atoms. The molecule has 4 bridgehead atoms. The molecule has 2 unspecified atom stereocenters. The summed E-state index contributed by atoms with van der Waals surface area (Å²) in [7, 11) is -1.53. The molecule has 5 rings (SSSR count). The number of alkyl halides is 1. The van der Waals surface area contributed by atoms with Gasteiger partial charge in [0.2, 0.25) is 0 Å². The third-order valence-corrected chi connectivity index (χ3v) is 8.51. The number of rotatable bonds is 5. The molecule has 0 aromatic heterocycles. The van der Waals surface area contributed by atoms with Crippen LogP contribution in [-0.2, 0) is 10.2 Å². The summed E-state index contributed by atoms with van der Waals surface area (Å²) in [4.78, 5) is 12.1. The van der Waals surface area contributed by atoms with Crippen LogP contribution in [0.4, 0.5) is 4.39 Å². The number of halogens is 3. The Hall–Kier alpha value is -1.09. The Kier molecular flexibility index (Phi) is 5.29. The lowest BCUT2D eigenvalue weighted by atomic mass is 9.54. The molecule has 0 heterocycles. The van der Waals surface area contributed by atoms with Crippen molar-refractivity contribution < 1.29 is 22.3 Å². The average Bonchev–Trinajstić information content (AvgIpc) is 2.58. The Bertz CT molecular complexity index is 940. The zero-order valence-corrected chi connectivity index (χ0v) is 18.5. The minimum atomic E-state index is -4.05. The molecule has 1 aromatic carbocycles. The molecule has 0 saturated heterocycles. The molecular formula is C19H23Cl2FN2O4S. The number of carbonyl (C=O) groups is 1. The fraction of sp³-hybridized carbons (Fsp3) is 0.632. The van der Waals surface area contributed by atoms with Crippen molar-refractivity contribution >= 4 is 39.3 Å². The first-order chi connectivity index (χ1) is 13.5. The number of amides is 1. The second-order valence-electron chi connectivity index (χ2n) is 8.68. The summed E-state index contributed by atoms with van der Waals surface area (Å²) in [6, 6.07) is 2.16. The molecule has 2 atom stereocenters. The zero-order chi connectivity index (χ0) is 21.1. The number of benzene rings is 1. The fourth-order valence-corrected chi connectivity index (χ4v) is 6.62. The van der Waals surface area contributed by atoms with Crippen molar-refractivity contribution in [1.82, 2.24) is 9.03 Å². The Morgan fingerprint density at radius 2 is 1.86 bits per heavy atom. The van der Waals surface area contributed by atoms with E-state index in [4.69, 9.17) is 27.9 Å². The van der Waals surface area contributed by atoms with Crippen LogP contribution in [-0.4, -0.2) is 43.7 Å². The first kappa shape index (κ1) is 21.2. The molecule has 160 valence electrons. The first-order valence-corrected chi connectivity index (χ1v) is 11.8. The Balaban J connectivity index is 1.53. The fourth-order valence-electron chi connectivity index (χ4n) is 5.27. The van der Waals surface area contributed by atoms with E-state index in [9.17, 15) is 17.6 Å². The highest BCUT2D eigenvalue weighted by Crippen LogP contribution is 2.59. The Labute approximate surface area is 179 Å². The lowest BCUT2D eigenvalue weighted by molar-refractivity contribution is -0.0697. The Morgan fingerprint density at radius 3 is 2.41 bits per heavy atom. The van der Waals surface area contributed by atoms with Gasteiger partial charge in [0.15, 0.2) is 0 Å². The zero-order valence-electron chi connectivity index (χ0n) is 16.1. The second kappa shape index (κ2) is 7.25. The van der Waals surface area contributed by atoms with Gasteiger partial charge in [0.05, 0.1) is 10.6 Å². The predicted molar refractivity (Wildman–Crippen MR) is 108 cm³/mol. The minimum absolute atomic E-state index is 0.0631. The topological polar surface area (TPSA) is 75.7 Å². The van der Waals surface area contributed by atoms with Gasteiger partial charge in [-0.05, 0) is 55.9 Å². The normalized spacial score (nSPS) is 33.2. The molecule has 1 amide bonds. The van der Waals surface area contributed by atoms with E-state index in [1.165, 1.54) is 14.1 Å². The van der Waals surface area contributed by atoms with Gasteiger partial charge in [-0.25, -0.2) is 9.11 Å². The molecule has 4 aliphatic rings. The van der Waals surface area contributed by atoms with Crippen LogP contribution in [0.15, 0.2) is 12.1 Å². The van der Waals surface area contributed by atoms with Crippen molar-refractivity contribution in [3.63, 3.8) is 0 Å². The van der Waals surface area contributed by atoms with Crippen molar-refractivity contribution in [2.75, 3.05) is 14.1 Å². The van der Waals surface area contributed by atoms with Crippen LogP contribution in [0.2, 0.25) is 5.02 Å². The van der Waals surface area contributed by atoms with Gasteiger partial charge < -0.3 is 4.74 Å². The molecule has 4 fully saturated rings. The number of hydrogen-bond donors (Lipinski definition) is 1. The van der Waals surface area contributed by atoms with E-state index in [2.05, 4.69) is 0 Å².